The number of nitrogens with one attached hydrogen (secondary N) is 1. The Kier molecular flexibility index (Phi) is 9.15. The predicted molar refractivity (Wildman–Crippen MR) is 91.4 cm³/mol. The van der Waals surface area contributed by atoms with Gasteiger partial charge in [-0.2, -0.15) is 0 Å². The monoisotopic (exact) mass is 355 g/mol. The Labute approximate surface area is 136 Å². The largest absolute Gasteiger partial charge is 0.494 e. The van der Waals surface area contributed by atoms with Crippen LogP contribution < -0.4 is 10.1 Å². The average Bonchev–Trinajstić information content (AvgIpc) is 2.52. The standard InChI is InChI=1S/C17H26BrNO2/c1-3-5-12-21-16-8-6-15(7-9-16)17(20)19-13-14(4-2)10-11-18/h6-9,14H,3-5,10-13H2,1-2H3,(H,19,20). The molecule has 3 nitrogen and oxygen atoms in total. The van der Waals surface area contributed by atoms with Gasteiger partial charge in [0.05, 0.1) is 6.61 Å². The molecule has 1 aromatic rings. The highest BCUT2D eigenvalue weighted by atomic mass is 79.9. The van der Waals surface area contributed by atoms with Gasteiger partial charge in [-0.1, -0.05) is 42.6 Å². The van der Waals surface area contributed by atoms with Gasteiger partial charge in [0.1, 0.15) is 5.75 Å². The molecule has 0 spiro atoms. The van der Waals surface area contributed by atoms with Crippen LogP contribution in [0.25, 0.3) is 0 Å². The molecular formula is C17H26BrNO2. The number of rotatable bonds is 10. The van der Waals surface area contributed by atoms with E-state index in [2.05, 4.69) is 35.1 Å². The third kappa shape index (κ3) is 6.98. The van der Waals surface area contributed by atoms with Crippen LogP contribution in [-0.4, -0.2) is 24.4 Å². The van der Waals surface area contributed by atoms with Crippen molar-refractivity contribution in [2.45, 2.75) is 39.5 Å². The molecule has 0 heterocycles. The molecule has 0 aliphatic rings. The lowest BCUT2D eigenvalue weighted by Gasteiger charge is -2.14. The molecule has 0 aliphatic carbocycles. The molecule has 4 heteroatoms. The van der Waals surface area contributed by atoms with Crippen molar-refractivity contribution in [1.29, 1.82) is 0 Å². The van der Waals surface area contributed by atoms with E-state index >= 15 is 0 Å². The third-order valence-electron chi connectivity index (χ3n) is 3.53. The minimum Gasteiger partial charge on any atom is -0.494 e. The summed E-state index contributed by atoms with van der Waals surface area (Å²) in [7, 11) is 0. The summed E-state index contributed by atoms with van der Waals surface area (Å²) in [5.41, 5.74) is 0.687. The normalized spacial score (nSPS) is 12.0. The fourth-order valence-corrected chi connectivity index (χ4v) is 2.63. The molecule has 1 aromatic carbocycles. The maximum absolute atomic E-state index is 12.1. The molecule has 1 N–H and O–H groups in total. The Hall–Kier alpha value is -1.03. The topological polar surface area (TPSA) is 38.3 Å². The Morgan fingerprint density at radius 2 is 2.00 bits per heavy atom. The van der Waals surface area contributed by atoms with Gasteiger partial charge in [-0.05, 0) is 43.0 Å². The Morgan fingerprint density at radius 3 is 2.57 bits per heavy atom. The predicted octanol–water partition coefficient (Wildman–Crippen LogP) is 4.41. The van der Waals surface area contributed by atoms with E-state index in [1.165, 1.54) is 0 Å². The van der Waals surface area contributed by atoms with Crippen LogP contribution in [0.5, 0.6) is 5.75 Å². The summed E-state index contributed by atoms with van der Waals surface area (Å²) in [6.07, 6.45) is 4.33. The van der Waals surface area contributed by atoms with Gasteiger partial charge < -0.3 is 10.1 Å². The van der Waals surface area contributed by atoms with E-state index in [1.807, 2.05) is 24.3 Å². The summed E-state index contributed by atoms with van der Waals surface area (Å²) in [6, 6.07) is 7.37. The average molecular weight is 356 g/mol. The second-order valence-corrected chi connectivity index (χ2v) is 5.98. The van der Waals surface area contributed by atoms with Crippen molar-refractivity contribution >= 4 is 21.8 Å². The van der Waals surface area contributed by atoms with Crippen LogP contribution in [0.2, 0.25) is 0 Å². The number of ether oxygens (including phenoxy) is 1. The molecule has 0 bridgehead atoms. The summed E-state index contributed by atoms with van der Waals surface area (Å²) in [6.45, 7) is 5.75. The number of benzene rings is 1. The molecule has 0 saturated heterocycles. The highest BCUT2D eigenvalue weighted by Gasteiger charge is 2.09. The van der Waals surface area contributed by atoms with Gasteiger partial charge in [0.15, 0.2) is 0 Å². The fourth-order valence-electron chi connectivity index (χ4n) is 1.98. The van der Waals surface area contributed by atoms with Crippen molar-refractivity contribution in [3.05, 3.63) is 29.8 Å². The molecule has 1 atom stereocenters. The third-order valence-corrected chi connectivity index (χ3v) is 3.99. The summed E-state index contributed by atoms with van der Waals surface area (Å²) < 4.78 is 5.59. The van der Waals surface area contributed by atoms with Crippen molar-refractivity contribution in [1.82, 2.24) is 5.32 Å². The molecule has 1 rings (SSSR count). The number of unbranched alkanes of at least 4 members (excludes halogenated alkanes) is 1. The van der Waals surface area contributed by atoms with Crippen molar-refractivity contribution < 1.29 is 9.53 Å². The first kappa shape index (κ1) is 18.0. The van der Waals surface area contributed by atoms with E-state index in [0.717, 1.165) is 49.9 Å². The van der Waals surface area contributed by atoms with Gasteiger partial charge in [-0.3, -0.25) is 4.79 Å². The maximum atomic E-state index is 12.1. The zero-order valence-electron chi connectivity index (χ0n) is 13.0. The lowest BCUT2D eigenvalue weighted by atomic mass is 10.0. The number of carbonyl (C=O) groups excluding carboxylic acids is 1. The highest BCUT2D eigenvalue weighted by molar-refractivity contribution is 9.09. The Balaban J connectivity index is 2.43. The van der Waals surface area contributed by atoms with Crippen LogP contribution >= 0.6 is 15.9 Å². The molecule has 118 valence electrons. The number of halogens is 1. The number of alkyl halides is 1. The van der Waals surface area contributed by atoms with Gasteiger partial charge >= 0.3 is 0 Å². The van der Waals surface area contributed by atoms with Crippen molar-refractivity contribution in [2.24, 2.45) is 5.92 Å². The zero-order valence-corrected chi connectivity index (χ0v) is 14.6. The van der Waals surface area contributed by atoms with Crippen LogP contribution in [0.15, 0.2) is 24.3 Å². The van der Waals surface area contributed by atoms with E-state index < -0.39 is 0 Å². The molecular weight excluding hydrogens is 330 g/mol. The number of hydrogen-bond donors (Lipinski definition) is 1. The van der Waals surface area contributed by atoms with Gasteiger partial charge in [0, 0.05) is 17.4 Å². The SMILES string of the molecule is CCCCOc1ccc(C(=O)NCC(CC)CCBr)cc1. The lowest BCUT2D eigenvalue weighted by molar-refractivity contribution is 0.0946. The molecule has 0 saturated carbocycles. The summed E-state index contributed by atoms with van der Waals surface area (Å²) in [5.74, 6) is 1.35. The van der Waals surface area contributed by atoms with Crippen molar-refractivity contribution in [2.75, 3.05) is 18.5 Å². The number of carbonyl (C=O) groups is 1. The Morgan fingerprint density at radius 1 is 1.29 bits per heavy atom. The first-order valence-corrected chi connectivity index (χ1v) is 8.90. The summed E-state index contributed by atoms with van der Waals surface area (Å²) in [5, 5.41) is 3.98. The van der Waals surface area contributed by atoms with Gasteiger partial charge in [-0.25, -0.2) is 0 Å². The minimum atomic E-state index is -0.0110. The van der Waals surface area contributed by atoms with E-state index in [1.54, 1.807) is 0 Å². The summed E-state index contributed by atoms with van der Waals surface area (Å²) >= 11 is 3.45. The maximum Gasteiger partial charge on any atom is 0.251 e. The smallest absolute Gasteiger partial charge is 0.251 e. The molecule has 0 fully saturated rings. The molecule has 0 radical (unpaired) electrons. The highest BCUT2D eigenvalue weighted by Crippen LogP contribution is 2.13. The van der Waals surface area contributed by atoms with Gasteiger partial charge in [-0.15, -0.1) is 0 Å². The van der Waals surface area contributed by atoms with E-state index in [4.69, 9.17) is 4.74 Å². The second-order valence-electron chi connectivity index (χ2n) is 5.19. The summed E-state index contributed by atoms with van der Waals surface area (Å²) in [4.78, 5) is 12.1. The van der Waals surface area contributed by atoms with Crippen molar-refractivity contribution in [3.8, 4) is 5.75 Å². The van der Waals surface area contributed by atoms with E-state index in [0.29, 0.717) is 11.5 Å². The molecule has 1 amide bonds. The Bertz CT molecular complexity index is 406. The lowest BCUT2D eigenvalue weighted by Crippen LogP contribution is -2.29. The molecule has 21 heavy (non-hydrogen) atoms. The van der Waals surface area contributed by atoms with Crippen LogP contribution in [0.1, 0.15) is 49.9 Å². The van der Waals surface area contributed by atoms with E-state index in [-0.39, 0.29) is 5.91 Å². The van der Waals surface area contributed by atoms with Crippen LogP contribution in [-0.2, 0) is 0 Å². The van der Waals surface area contributed by atoms with Crippen LogP contribution in [0.4, 0.5) is 0 Å². The quantitative estimate of drug-likeness (QED) is 0.498. The first-order valence-electron chi connectivity index (χ1n) is 7.78. The molecule has 0 aliphatic heterocycles. The zero-order chi connectivity index (χ0) is 15.5. The number of hydrogen-bond acceptors (Lipinski definition) is 2. The fraction of sp³-hybridized carbons (Fsp3) is 0.588. The van der Waals surface area contributed by atoms with Gasteiger partial charge in [0.2, 0.25) is 0 Å². The molecule has 1 unspecified atom stereocenters. The van der Waals surface area contributed by atoms with Crippen LogP contribution in [0, 0.1) is 5.92 Å². The van der Waals surface area contributed by atoms with Gasteiger partial charge in [0.25, 0.3) is 5.91 Å². The molecule has 0 aromatic heterocycles. The van der Waals surface area contributed by atoms with Crippen molar-refractivity contribution in [3.63, 3.8) is 0 Å². The van der Waals surface area contributed by atoms with Crippen LogP contribution in [0.3, 0.4) is 0 Å². The number of amides is 1. The first-order chi connectivity index (χ1) is 10.2. The van der Waals surface area contributed by atoms with E-state index in [9.17, 15) is 4.79 Å². The minimum absolute atomic E-state index is 0.0110. The second kappa shape index (κ2) is 10.7.